The largest absolute Gasteiger partial charge is 0.314 e. The van der Waals surface area contributed by atoms with Crippen molar-refractivity contribution in [3.63, 3.8) is 0 Å². The van der Waals surface area contributed by atoms with Crippen LogP contribution >= 0.6 is 0 Å². The second-order valence-electron chi connectivity index (χ2n) is 5.47. The minimum Gasteiger partial charge on any atom is -0.314 e. The molecule has 0 aromatic carbocycles. The molecule has 88 valence electrons. The summed E-state index contributed by atoms with van der Waals surface area (Å²) < 4.78 is 0. The summed E-state index contributed by atoms with van der Waals surface area (Å²) in [5, 5.41) is 3.61. The summed E-state index contributed by atoms with van der Waals surface area (Å²) in [6.45, 7) is 3.59. The van der Waals surface area contributed by atoms with Gasteiger partial charge in [0.15, 0.2) is 0 Å². The van der Waals surface area contributed by atoms with Crippen LogP contribution in [0.25, 0.3) is 0 Å². The molecule has 15 heavy (non-hydrogen) atoms. The lowest BCUT2D eigenvalue weighted by atomic mass is 10.1. The molecular weight excluding hydrogens is 184 g/mol. The molecular formula is C13H26N2. The number of rotatable bonds is 6. The van der Waals surface area contributed by atoms with Gasteiger partial charge in [-0.3, -0.25) is 0 Å². The first-order chi connectivity index (χ1) is 7.27. The van der Waals surface area contributed by atoms with Gasteiger partial charge in [-0.05, 0) is 52.6 Å². The smallest absolute Gasteiger partial charge is 0.00950 e. The zero-order valence-electron chi connectivity index (χ0n) is 10.3. The molecule has 2 saturated carbocycles. The van der Waals surface area contributed by atoms with Gasteiger partial charge in [-0.15, -0.1) is 0 Å². The average molecular weight is 210 g/mol. The van der Waals surface area contributed by atoms with Gasteiger partial charge in [-0.1, -0.05) is 12.8 Å². The Morgan fingerprint density at radius 3 is 2.47 bits per heavy atom. The Morgan fingerprint density at radius 1 is 1.20 bits per heavy atom. The van der Waals surface area contributed by atoms with Gasteiger partial charge in [-0.25, -0.2) is 0 Å². The lowest BCUT2D eigenvalue weighted by Gasteiger charge is -2.30. The molecule has 0 saturated heterocycles. The molecule has 2 rings (SSSR count). The van der Waals surface area contributed by atoms with E-state index in [2.05, 4.69) is 24.2 Å². The lowest BCUT2D eigenvalue weighted by molar-refractivity contribution is 0.177. The van der Waals surface area contributed by atoms with Gasteiger partial charge in [0.05, 0.1) is 0 Å². The Kier molecular flexibility index (Phi) is 4.04. The van der Waals surface area contributed by atoms with Crippen LogP contribution in [-0.4, -0.2) is 36.6 Å². The maximum atomic E-state index is 3.61. The van der Waals surface area contributed by atoms with E-state index < -0.39 is 0 Å². The van der Waals surface area contributed by atoms with Gasteiger partial charge < -0.3 is 10.2 Å². The first kappa shape index (κ1) is 11.4. The first-order valence-corrected chi connectivity index (χ1v) is 6.72. The Balaban J connectivity index is 1.61. The van der Waals surface area contributed by atoms with Crippen molar-refractivity contribution in [3.05, 3.63) is 0 Å². The van der Waals surface area contributed by atoms with Crippen LogP contribution < -0.4 is 5.32 Å². The van der Waals surface area contributed by atoms with Crippen LogP contribution in [0.1, 0.15) is 51.9 Å². The standard InChI is InChI=1S/C13H26N2/c1-11(9-10-14-12-7-8-12)15(2)13-5-3-4-6-13/h11-14H,3-10H2,1-2H3. The molecule has 0 aliphatic heterocycles. The summed E-state index contributed by atoms with van der Waals surface area (Å²) in [6, 6.07) is 2.49. The molecule has 2 aliphatic carbocycles. The second kappa shape index (κ2) is 5.31. The molecule has 0 heterocycles. The molecule has 1 N–H and O–H groups in total. The molecule has 2 fully saturated rings. The maximum Gasteiger partial charge on any atom is 0.00950 e. The second-order valence-corrected chi connectivity index (χ2v) is 5.47. The Bertz CT molecular complexity index is 183. The molecule has 1 unspecified atom stereocenters. The number of hydrogen-bond acceptors (Lipinski definition) is 2. The Hall–Kier alpha value is -0.0800. The van der Waals surface area contributed by atoms with Crippen molar-refractivity contribution < 1.29 is 0 Å². The highest BCUT2D eigenvalue weighted by atomic mass is 15.2. The van der Waals surface area contributed by atoms with Crippen molar-refractivity contribution in [2.75, 3.05) is 13.6 Å². The van der Waals surface area contributed by atoms with E-state index in [0.717, 1.165) is 18.1 Å². The van der Waals surface area contributed by atoms with E-state index in [1.165, 1.54) is 51.5 Å². The van der Waals surface area contributed by atoms with Crippen molar-refractivity contribution in [2.45, 2.75) is 70.0 Å². The monoisotopic (exact) mass is 210 g/mol. The third-order valence-corrected chi connectivity index (χ3v) is 4.17. The van der Waals surface area contributed by atoms with Gasteiger partial charge >= 0.3 is 0 Å². The number of nitrogens with one attached hydrogen (secondary N) is 1. The highest BCUT2D eigenvalue weighted by molar-refractivity contribution is 4.82. The van der Waals surface area contributed by atoms with Crippen molar-refractivity contribution in [2.24, 2.45) is 0 Å². The summed E-state index contributed by atoms with van der Waals surface area (Å²) in [6.07, 6.45) is 9.88. The quantitative estimate of drug-likeness (QED) is 0.724. The van der Waals surface area contributed by atoms with Crippen molar-refractivity contribution in [1.82, 2.24) is 10.2 Å². The topological polar surface area (TPSA) is 15.3 Å². The molecule has 0 aromatic rings. The predicted octanol–water partition coefficient (Wildman–Crippen LogP) is 2.39. The van der Waals surface area contributed by atoms with Crippen LogP contribution in [0, 0.1) is 0 Å². The van der Waals surface area contributed by atoms with Crippen molar-refractivity contribution >= 4 is 0 Å². The summed E-state index contributed by atoms with van der Waals surface area (Å²) in [5.74, 6) is 0. The third kappa shape index (κ3) is 3.46. The van der Waals surface area contributed by atoms with Crippen LogP contribution in [-0.2, 0) is 0 Å². The average Bonchev–Trinajstić information content (AvgIpc) is 2.90. The van der Waals surface area contributed by atoms with E-state index in [4.69, 9.17) is 0 Å². The van der Waals surface area contributed by atoms with Crippen LogP contribution in [0.3, 0.4) is 0 Å². The van der Waals surface area contributed by atoms with E-state index >= 15 is 0 Å². The molecule has 0 radical (unpaired) electrons. The van der Waals surface area contributed by atoms with E-state index in [1.807, 2.05) is 0 Å². The van der Waals surface area contributed by atoms with E-state index in [0.29, 0.717) is 0 Å². The maximum absolute atomic E-state index is 3.61. The molecule has 2 nitrogen and oxygen atoms in total. The zero-order chi connectivity index (χ0) is 10.7. The normalized spacial score (nSPS) is 25.0. The third-order valence-electron chi connectivity index (χ3n) is 4.17. The summed E-state index contributed by atoms with van der Waals surface area (Å²) in [7, 11) is 2.32. The Labute approximate surface area is 94.4 Å². The van der Waals surface area contributed by atoms with Crippen molar-refractivity contribution in [1.29, 1.82) is 0 Å². The van der Waals surface area contributed by atoms with Gasteiger partial charge in [0, 0.05) is 18.1 Å². The number of nitrogens with zero attached hydrogens (tertiary/aromatic N) is 1. The molecule has 0 aromatic heterocycles. The van der Waals surface area contributed by atoms with Gasteiger partial charge in [0.25, 0.3) is 0 Å². The summed E-state index contributed by atoms with van der Waals surface area (Å²) in [4.78, 5) is 2.61. The van der Waals surface area contributed by atoms with E-state index in [9.17, 15) is 0 Å². The molecule has 0 amide bonds. The Morgan fingerprint density at radius 2 is 1.87 bits per heavy atom. The van der Waals surface area contributed by atoms with E-state index in [-0.39, 0.29) is 0 Å². The molecule has 2 heteroatoms. The van der Waals surface area contributed by atoms with Gasteiger partial charge in [0.1, 0.15) is 0 Å². The van der Waals surface area contributed by atoms with Crippen LogP contribution in [0.4, 0.5) is 0 Å². The minimum atomic E-state index is 0.749. The first-order valence-electron chi connectivity index (χ1n) is 6.72. The molecule has 0 spiro atoms. The fourth-order valence-corrected chi connectivity index (χ4v) is 2.66. The highest BCUT2D eigenvalue weighted by Gasteiger charge is 2.24. The van der Waals surface area contributed by atoms with Crippen LogP contribution in [0.5, 0.6) is 0 Å². The highest BCUT2D eigenvalue weighted by Crippen LogP contribution is 2.24. The van der Waals surface area contributed by atoms with E-state index in [1.54, 1.807) is 0 Å². The zero-order valence-corrected chi connectivity index (χ0v) is 10.3. The van der Waals surface area contributed by atoms with Crippen LogP contribution in [0.15, 0.2) is 0 Å². The van der Waals surface area contributed by atoms with Gasteiger partial charge in [-0.2, -0.15) is 0 Å². The fourth-order valence-electron chi connectivity index (χ4n) is 2.66. The molecule has 1 atom stereocenters. The van der Waals surface area contributed by atoms with Crippen LogP contribution in [0.2, 0.25) is 0 Å². The predicted molar refractivity (Wildman–Crippen MR) is 65.1 cm³/mol. The fraction of sp³-hybridized carbons (Fsp3) is 1.00. The molecule has 0 bridgehead atoms. The lowest BCUT2D eigenvalue weighted by Crippen LogP contribution is -2.38. The number of hydrogen-bond donors (Lipinski definition) is 1. The van der Waals surface area contributed by atoms with Gasteiger partial charge in [0.2, 0.25) is 0 Å². The summed E-state index contributed by atoms with van der Waals surface area (Å²) in [5.41, 5.74) is 0. The SMILES string of the molecule is CC(CCNC1CC1)N(C)C1CCCC1. The summed E-state index contributed by atoms with van der Waals surface area (Å²) >= 11 is 0. The molecule has 2 aliphatic rings. The van der Waals surface area contributed by atoms with Crippen molar-refractivity contribution in [3.8, 4) is 0 Å². The minimum absolute atomic E-state index is 0.749.